The lowest BCUT2D eigenvalue weighted by molar-refractivity contribution is -0.115. The van der Waals surface area contributed by atoms with E-state index in [1.807, 2.05) is 18.4 Å². The largest absolute Gasteiger partial charge is 0.378 e. The monoisotopic (exact) mass is 293 g/mol. The van der Waals surface area contributed by atoms with Crippen LogP contribution < -0.4 is 10.6 Å². The smallest absolute Gasteiger partial charge is 0.228 e. The number of carbonyl (C=O) groups is 1. The maximum Gasteiger partial charge on any atom is 0.228 e. The molecule has 0 bridgehead atoms. The van der Waals surface area contributed by atoms with Crippen LogP contribution in [0.4, 0.5) is 11.4 Å². The number of anilines is 2. The molecule has 1 aromatic carbocycles. The molecule has 6 heteroatoms. The van der Waals surface area contributed by atoms with Gasteiger partial charge in [-0.2, -0.15) is 0 Å². The van der Waals surface area contributed by atoms with Crippen molar-refractivity contribution in [1.29, 1.82) is 0 Å². The van der Waals surface area contributed by atoms with Crippen molar-refractivity contribution in [3.05, 3.63) is 38.8 Å². The highest BCUT2D eigenvalue weighted by Gasteiger charge is 2.19. The van der Waals surface area contributed by atoms with Crippen molar-refractivity contribution in [2.45, 2.75) is 19.9 Å². The minimum atomic E-state index is 0.0124. The number of halogens is 1. The van der Waals surface area contributed by atoms with E-state index in [1.165, 1.54) is 0 Å². The molecule has 0 fully saturated rings. The molecule has 0 saturated carbocycles. The molecule has 98 valence electrons. The number of nitrogens with one attached hydrogen (secondary N) is 2. The predicted molar refractivity (Wildman–Crippen MR) is 78.0 cm³/mol. The quantitative estimate of drug-likeness (QED) is 0.913. The summed E-state index contributed by atoms with van der Waals surface area (Å²) in [5.41, 5.74) is 3.62. The minimum Gasteiger partial charge on any atom is -0.378 e. The second-order valence-electron chi connectivity index (χ2n) is 4.43. The van der Waals surface area contributed by atoms with Gasteiger partial charge in [0.15, 0.2) is 0 Å². The van der Waals surface area contributed by atoms with Crippen LogP contribution in [0, 0.1) is 6.92 Å². The summed E-state index contributed by atoms with van der Waals surface area (Å²) in [6, 6.07) is 3.71. The van der Waals surface area contributed by atoms with E-state index in [9.17, 15) is 4.79 Å². The van der Waals surface area contributed by atoms with Crippen molar-refractivity contribution >= 4 is 40.2 Å². The van der Waals surface area contributed by atoms with Crippen LogP contribution >= 0.6 is 22.9 Å². The molecule has 0 unspecified atom stereocenters. The lowest BCUT2D eigenvalue weighted by Gasteiger charge is -2.09. The highest BCUT2D eigenvalue weighted by molar-refractivity contribution is 7.09. The fourth-order valence-corrected chi connectivity index (χ4v) is 2.90. The first-order chi connectivity index (χ1) is 9.11. The Hall–Kier alpha value is -1.59. The summed E-state index contributed by atoms with van der Waals surface area (Å²) >= 11 is 7.82. The number of hydrogen-bond acceptors (Lipinski definition) is 4. The van der Waals surface area contributed by atoms with Crippen LogP contribution in [0.25, 0.3) is 0 Å². The number of aromatic nitrogens is 1. The number of fused-ring (bicyclic) bond motifs is 1. The zero-order chi connectivity index (χ0) is 13.4. The highest BCUT2D eigenvalue weighted by atomic mass is 35.5. The van der Waals surface area contributed by atoms with Crippen LogP contribution in [-0.4, -0.2) is 10.9 Å². The Kier molecular flexibility index (Phi) is 3.16. The first-order valence-corrected chi connectivity index (χ1v) is 7.15. The van der Waals surface area contributed by atoms with Crippen molar-refractivity contribution < 1.29 is 4.79 Å². The first-order valence-electron chi connectivity index (χ1n) is 5.89. The molecule has 0 atom stereocenters. The fraction of sp³-hybridized carbons (Fsp3) is 0.231. The van der Waals surface area contributed by atoms with E-state index in [1.54, 1.807) is 17.4 Å². The average molecular weight is 294 g/mol. The van der Waals surface area contributed by atoms with Crippen LogP contribution in [0.5, 0.6) is 0 Å². The van der Waals surface area contributed by atoms with E-state index >= 15 is 0 Å². The molecule has 0 radical (unpaired) electrons. The first kappa shape index (κ1) is 12.4. The Labute approximate surface area is 119 Å². The second-order valence-corrected chi connectivity index (χ2v) is 5.89. The minimum absolute atomic E-state index is 0.0124. The van der Waals surface area contributed by atoms with E-state index in [4.69, 9.17) is 11.6 Å². The summed E-state index contributed by atoms with van der Waals surface area (Å²) in [5.74, 6) is 0.0124. The molecular formula is C13H12ClN3OS. The number of benzene rings is 1. The van der Waals surface area contributed by atoms with Crippen LogP contribution in [0.1, 0.15) is 16.3 Å². The topological polar surface area (TPSA) is 54.0 Å². The second kappa shape index (κ2) is 4.83. The molecule has 3 rings (SSSR count). The molecular weight excluding hydrogens is 282 g/mol. The Morgan fingerprint density at radius 2 is 2.37 bits per heavy atom. The maximum absolute atomic E-state index is 11.3. The number of rotatable bonds is 3. The molecule has 1 aliphatic rings. The summed E-state index contributed by atoms with van der Waals surface area (Å²) in [6.07, 6.45) is 0.414. The van der Waals surface area contributed by atoms with E-state index in [0.717, 1.165) is 27.6 Å². The Bertz CT molecular complexity index is 653. The summed E-state index contributed by atoms with van der Waals surface area (Å²) in [4.78, 5) is 15.7. The van der Waals surface area contributed by atoms with Gasteiger partial charge in [-0.25, -0.2) is 4.98 Å². The number of hydrogen-bond donors (Lipinski definition) is 2. The van der Waals surface area contributed by atoms with E-state index < -0.39 is 0 Å². The molecule has 1 amide bonds. The molecule has 19 heavy (non-hydrogen) atoms. The zero-order valence-corrected chi connectivity index (χ0v) is 11.9. The van der Waals surface area contributed by atoms with Gasteiger partial charge >= 0.3 is 0 Å². The third-order valence-corrected chi connectivity index (χ3v) is 4.08. The van der Waals surface area contributed by atoms with Crippen molar-refractivity contribution in [2.75, 3.05) is 10.6 Å². The van der Waals surface area contributed by atoms with Gasteiger partial charge in [0, 0.05) is 11.1 Å². The van der Waals surface area contributed by atoms with Crippen molar-refractivity contribution in [3.63, 3.8) is 0 Å². The van der Waals surface area contributed by atoms with Crippen molar-refractivity contribution in [1.82, 2.24) is 4.98 Å². The molecule has 2 N–H and O–H groups in total. The third kappa shape index (κ3) is 2.57. The molecule has 0 spiro atoms. The molecule has 0 aliphatic carbocycles. The van der Waals surface area contributed by atoms with Gasteiger partial charge in [0.1, 0.15) is 0 Å². The van der Waals surface area contributed by atoms with Crippen LogP contribution in [-0.2, 0) is 17.8 Å². The molecule has 2 aromatic rings. The van der Waals surface area contributed by atoms with Gasteiger partial charge in [0.2, 0.25) is 5.91 Å². The van der Waals surface area contributed by atoms with Crippen LogP contribution in [0.2, 0.25) is 5.02 Å². The summed E-state index contributed by atoms with van der Waals surface area (Å²) in [5, 5.41) is 9.72. The Balaban J connectivity index is 1.78. The third-order valence-electron chi connectivity index (χ3n) is 2.94. The van der Waals surface area contributed by atoms with Gasteiger partial charge in [-0.15, -0.1) is 11.3 Å². The van der Waals surface area contributed by atoms with Gasteiger partial charge in [-0.3, -0.25) is 4.79 Å². The Morgan fingerprint density at radius 3 is 3.11 bits per heavy atom. The molecule has 0 saturated heterocycles. The van der Waals surface area contributed by atoms with Crippen molar-refractivity contribution in [2.24, 2.45) is 0 Å². The SMILES string of the molecule is Cc1nc(CNc2cc3c(cc2Cl)NC(=O)C3)cs1. The highest BCUT2D eigenvalue weighted by Crippen LogP contribution is 2.33. The number of nitrogens with zero attached hydrogens (tertiary/aromatic N) is 1. The molecule has 1 aromatic heterocycles. The van der Waals surface area contributed by atoms with Gasteiger partial charge in [0.05, 0.1) is 34.4 Å². The zero-order valence-electron chi connectivity index (χ0n) is 10.3. The summed E-state index contributed by atoms with van der Waals surface area (Å²) in [6.45, 7) is 2.61. The summed E-state index contributed by atoms with van der Waals surface area (Å²) in [7, 11) is 0. The molecule has 1 aliphatic heterocycles. The van der Waals surface area contributed by atoms with E-state index in [2.05, 4.69) is 15.6 Å². The number of thiazole rings is 1. The average Bonchev–Trinajstić information content (AvgIpc) is 2.91. The van der Waals surface area contributed by atoms with Crippen LogP contribution in [0.15, 0.2) is 17.5 Å². The van der Waals surface area contributed by atoms with E-state index in [0.29, 0.717) is 18.0 Å². The fourth-order valence-electron chi connectivity index (χ4n) is 2.06. The van der Waals surface area contributed by atoms with Gasteiger partial charge < -0.3 is 10.6 Å². The van der Waals surface area contributed by atoms with Gasteiger partial charge in [-0.1, -0.05) is 11.6 Å². The lowest BCUT2D eigenvalue weighted by Crippen LogP contribution is -2.03. The summed E-state index contributed by atoms with van der Waals surface area (Å²) < 4.78 is 0. The van der Waals surface area contributed by atoms with Gasteiger partial charge in [-0.05, 0) is 24.6 Å². The van der Waals surface area contributed by atoms with Crippen molar-refractivity contribution in [3.8, 4) is 0 Å². The molecule has 2 heterocycles. The number of carbonyl (C=O) groups excluding carboxylic acids is 1. The number of amides is 1. The van der Waals surface area contributed by atoms with Gasteiger partial charge in [0.25, 0.3) is 0 Å². The normalized spacial score (nSPS) is 13.3. The number of aryl methyl sites for hydroxylation is 1. The van der Waals surface area contributed by atoms with Crippen LogP contribution in [0.3, 0.4) is 0 Å². The van der Waals surface area contributed by atoms with E-state index in [-0.39, 0.29) is 5.91 Å². The predicted octanol–water partition coefficient (Wildman–Crippen LogP) is 3.21. The lowest BCUT2D eigenvalue weighted by atomic mass is 10.1. The molecule has 4 nitrogen and oxygen atoms in total. The maximum atomic E-state index is 11.3. The Morgan fingerprint density at radius 1 is 1.53 bits per heavy atom. The standard InChI is InChI=1S/C13H12ClN3OS/c1-7-16-9(6-19-7)5-15-12-2-8-3-13(18)17-11(8)4-10(12)14/h2,4,6,15H,3,5H2,1H3,(H,17,18).